The third kappa shape index (κ3) is 4.05. The Balaban J connectivity index is 2.61. The molecule has 0 aliphatic rings. The predicted molar refractivity (Wildman–Crippen MR) is 65.5 cm³/mol. The van der Waals surface area contributed by atoms with Crippen LogP contribution in [0.3, 0.4) is 0 Å². The van der Waals surface area contributed by atoms with Gasteiger partial charge in [0.15, 0.2) is 0 Å². The Labute approximate surface area is 97.3 Å². The molecule has 88 valence electrons. The van der Waals surface area contributed by atoms with Crippen molar-refractivity contribution in [3.05, 3.63) is 35.4 Å². The fraction of sp³-hybridized carbons (Fsp3) is 0.500. The van der Waals surface area contributed by atoms with Crippen molar-refractivity contribution in [3.63, 3.8) is 0 Å². The van der Waals surface area contributed by atoms with Crippen molar-refractivity contribution in [2.24, 2.45) is 11.8 Å². The molecule has 1 aromatic carbocycles. The first-order chi connectivity index (χ1) is 7.49. The molecule has 0 saturated heterocycles. The molecule has 0 spiro atoms. The largest absolute Gasteiger partial charge is 0.481 e. The summed E-state index contributed by atoms with van der Waals surface area (Å²) in [5, 5.41) is 8.82. The molecule has 0 heterocycles. The van der Waals surface area contributed by atoms with Crippen LogP contribution in [0.5, 0.6) is 0 Å². The minimum absolute atomic E-state index is 0.309. The van der Waals surface area contributed by atoms with Crippen LogP contribution in [0.25, 0.3) is 0 Å². The zero-order chi connectivity index (χ0) is 12.1. The van der Waals surface area contributed by atoms with Gasteiger partial charge in [-0.3, -0.25) is 4.79 Å². The predicted octanol–water partition coefficient (Wildman–Crippen LogP) is 3.15. The van der Waals surface area contributed by atoms with Crippen LogP contribution in [0, 0.1) is 11.8 Å². The fourth-order valence-electron chi connectivity index (χ4n) is 1.72. The molecule has 1 N–H and O–H groups in total. The number of hydrogen-bond acceptors (Lipinski definition) is 1. The lowest BCUT2D eigenvalue weighted by atomic mass is 9.97. The summed E-state index contributed by atoms with van der Waals surface area (Å²) >= 11 is 0. The van der Waals surface area contributed by atoms with Gasteiger partial charge in [-0.2, -0.15) is 0 Å². The van der Waals surface area contributed by atoms with Crippen molar-refractivity contribution >= 4 is 5.97 Å². The van der Waals surface area contributed by atoms with E-state index in [0.29, 0.717) is 12.3 Å². The van der Waals surface area contributed by atoms with Gasteiger partial charge < -0.3 is 5.11 Å². The van der Waals surface area contributed by atoms with E-state index >= 15 is 0 Å². The summed E-state index contributed by atoms with van der Waals surface area (Å²) in [5.74, 6) is -0.383. The van der Waals surface area contributed by atoms with E-state index in [0.717, 1.165) is 12.0 Å². The van der Waals surface area contributed by atoms with Crippen LogP contribution in [0.4, 0.5) is 0 Å². The van der Waals surface area contributed by atoms with Gasteiger partial charge in [-0.1, -0.05) is 45.0 Å². The topological polar surface area (TPSA) is 37.3 Å². The molecule has 0 aromatic heterocycles. The van der Waals surface area contributed by atoms with E-state index in [9.17, 15) is 4.79 Å². The molecular formula is C14H20O2. The second kappa shape index (κ2) is 5.69. The number of benzene rings is 1. The first-order valence-electron chi connectivity index (χ1n) is 5.79. The highest BCUT2D eigenvalue weighted by atomic mass is 16.4. The van der Waals surface area contributed by atoms with Crippen molar-refractivity contribution in [3.8, 4) is 0 Å². The maximum Gasteiger partial charge on any atom is 0.306 e. The van der Waals surface area contributed by atoms with Crippen LogP contribution < -0.4 is 0 Å². The van der Waals surface area contributed by atoms with Gasteiger partial charge in [-0.05, 0) is 29.9 Å². The minimum Gasteiger partial charge on any atom is -0.481 e. The van der Waals surface area contributed by atoms with E-state index in [-0.39, 0.29) is 5.92 Å². The molecule has 2 nitrogen and oxygen atoms in total. The zero-order valence-corrected chi connectivity index (χ0v) is 10.2. The average molecular weight is 220 g/mol. The highest BCUT2D eigenvalue weighted by Gasteiger charge is 2.11. The summed E-state index contributed by atoms with van der Waals surface area (Å²) in [4.78, 5) is 10.7. The van der Waals surface area contributed by atoms with Crippen LogP contribution in [0.2, 0.25) is 0 Å². The maximum atomic E-state index is 10.7. The smallest absolute Gasteiger partial charge is 0.306 e. The zero-order valence-electron chi connectivity index (χ0n) is 10.2. The van der Waals surface area contributed by atoms with Gasteiger partial charge in [-0.25, -0.2) is 0 Å². The molecule has 1 atom stereocenters. The Hall–Kier alpha value is -1.31. The summed E-state index contributed by atoms with van der Waals surface area (Å²) in [5.41, 5.74) is 2.42. The molecule has 0 aliphatic heterocycles. The molecular weight excluding hydrogens is 200 g/mol. The van der Waals surface area contributed by atoms with Gasteiger partial charge in [0.1, 0.15) is 0 Å². The normalized spacial score (nSPS) is 12.8. The third-order valence-corrected chi connectivity index (χ3v) is 2.63. The van der Waals surface area contributed by atoms with Crippen LogP contribution in [-0.2, 0) is 17.6 Å². The summed E-state index contributed by atoms with van der Waals surface area (Å²) in [7, 11) is 0. The van der Waals surface area contributed by atoms with E-state index in [1.54, 1.807) is 6.92 Å². The number of carboxylic acids is 1. The van der Waals surface area contributed by atoms with E-state index in [1.807, 2.05) is 12.1 Å². The average Bonchev–Trinajstić information content (AvgIpc) is 2.20. The molecule has 16 heavy (non-hydrogen) atoms. The van der Waals surface area contributed by atoms with Crippen molar-refractivity contribution in [1.29, 1.82) is 0 Å². The summed E-state index contributed by atoms with van der Waals surface area (Å²) in [6, 6.07) is 8.28. The van der Waals surface area contributed by atoms with E-state index in [1.165, 1.54) is 5.56 Å². The second-order valence-electron chi connectivity index (χ2n) is 4.86. The number of carbonyl (C=O) groups is 1. The van der Waals surface area contributed by atoms with Crippen LogP contribution in [0.15, 0.2) is 24.3 Å². The summed E-state index contributed by atoms with van der Waals surface area (Å²) < 4.78 is 0. The number of rotatable bonds is 5. The Morgan fingerprint density at radius 2 is 1.50 bits per heavy atom. The molecule has 0 aliphatic carbocycles. The van der Waals surface area contributed by atoms with Gasteiger partial charge in [-0.15, -0.1) is 0 Å². The van der Waals surface area contributed by atoms with Gasteiger partial charge in [0.2, 0.25) is 0 Å². The third-order valence-electron chi connectivity index (χ3n) is 2.63. The molecule has 0 amide bonds. The molecule has 1 rings (SSSR count). The molecule has 0 saturated carbocycles. The van der Waals surface area contributed by atoms with Gasteiger partial charge in [0.25, 0.3) is 0 Å². The summed E-state index contributed by atoms with van der Waals surface area (Å²) in [6.07, 6.45) is 1.69. The lowest BCUT2D eigenvalue weighted by Gasteiger charge is -2.08. The number of carboxylic acid groups (broad SMARTS) is 1. The number of aliphatic carboxylic acids is 1. The summed E-state index contributed by atoms with van der Waals surface area (Å²) in [6.45, 7) is 6.13. The number of hydrogen-bond donors (Lipinski definition) is 1. The highest BCUT2D eigenvalue weighted by Crippen LogP contribution is 2.13. The van der Waals surface area contributed by atoms with Crippen LogP contribution in [-0.4, -0.2) is 11.1 Å². The molecule has 0 fully saturated rings. The molecule has 2 heteroatoms. The lowest BCUT2D eigenvalue weighted by Crippen LogP contribution is -2.12. The van der Waals surface area contributed by atoms with Crippen molar-refractivity contribution < 1.29 is 9.90 Å². The van der Waals surface area contributed by atoms with Crippen molar-refractivity contribution in [2.75, 3.05) is 0 Å². The maximum absolute atomic E-state index is 10.7. The Bertz CT molecular complexity index is 338. The minimum atomic E-state index is -0.730. The van der Waals surface area contributed by atoms with Crippen LogP contribution in [0.1, 0.15) is 31.9 Å². The van der Waals surface area contributed by atoms with E-state index < -0.39 is 5.97 Å². The highest BCUT2D eigenvalue weighted by molar-refractivity contribution is 5.69. The van der Waals surface area contributed by atoms with Crippen molar-refractivity contribution in [2.45, 2.75) is 33.6 Å². The quantitative estimate of drug-likeness (QED) is 0.827. The Morgan fingerprint density at radius 3 is 1.88 bits per heavy atom. The monoisotopic (exact) mass is 220 g/mol. The molecule has 1 aromatic rings. The molecule has 1 unspecified atom stereocenters. The van der Waals surface area contributed by atoms with Crippen LogP contribution >= 0.6 is 0 Å². The van der Waals surface area contributed by atoms with E-state index in [2.05, 4.69) is 26.0 Å². The van der Waals surface area contributed by atoms with Gasteiger partial charge in [0, 0.05) is 0 Å². The SMILES string of the molecule is CC(C)Cc1ccc(CC(C)C(=O)O)cc1. The first kappa shape index (κ1) is 12.8. The second-order valence-corrected chi connectivity index (χ2v) is 4.86. The Morgan fingerprint density at radius 1 is 1.06 bits per heavy atom. The molecule has 0 bridgehead atoms. The van der Waals surface area contributed by atoms with Gasteiger partial charge >= 0.3 is 5.97 Å². The van der Waals surface area contributed by atoms with Crippen molar-refractivity contribution in [1.82, 2.24) is 0 Å². The fourth-order valence-corrected chi connectivity index (χ4v) is 1.72. The standard InChI is InChI=1S/C14H20O2/c1-10(2)8-12-4-6-13(7-5-12)9-11(3)14(15)16/h4-7,10-11H,8-9H2,1-3H3,(H,15,16). The lowest BCUT2D eigenvalue weighted by molar-refractivity contribution is -0.141. The van der Waals surface area contributed by atoms with E-state index in [4.69, 9.17) is 5.11 Å². The molecule has 0 radical (unpaired) electrons. The van der Waals surface area contributed by atoms with Gasteiger partial charge in [0.05, 0.1) is 5.92 Å². The first-order valence-corrected chi connectivity index (χ1v) is 5.79. The Kier molecular flexibility index (Phi) is 4.53.